The number of thiazole rings is 1. The van der Waals surface area contributed by atoms with Crippen molar-refractivity contribution in [3.63, 3.8) is 0 Å². The van der Waals surface area contributed by atoms with Crippen LogP contribution in [0.1, 0.15) is 12.5 Å². The second-order valence-electron chi connectivity index (χ2n) is 6.95. The van der Waals surface area contributed by atoms with E-state index >= 15 is 4.39 Å². The number of hydrogen-bond donors (Lipinski definition) is 3. The highest BCUT2D eigenvalue weighted by molar-refractivity contribution is 7.22. The summed E-state index contributed by atoms with van der Waals surface area (Å²) < 4.78 is 16.1. The zero-order valence-electron chi connectivity index (χ0n) is 17.1. The molecule has 0 aliphatic heterocycles. The van der Waals surface area contributed by atoms with Gasteiger partial charge >= 0.3 is 12.0 Å². The number of halogens is 1. The lowest BCUT2D eigenvalue weighted by Gasteiger charge is -2.09. The van der Waals surface area contributed by atoms with Gasteiger partial charge in [0.25, 0.3) is 0 Å². The van der Waals surface area contributed by atoms with Crippen LogP contribution in [-0.4, -0.2) is 33.6 Å². The molecular formula is C23H19FN4O3S. The SMILES string of the molecule is CCNC(=O)Nc1nc2c(F)c(-c3ccc(CC(=O)O)cc3)cc(-c3ccccn3)c2s1. The number of carbonyl (C=O) groups is 2. The quantitative estimate of drug-likeness (QED) is 0.386. The van der Waals surface area contributed by atoms with Crippen molar-refractivity contribution in [1.29, 1.82) is 0 Å². The largest absolute Gasteiger partial charge is 0.481 e. The number of nitrogens with one attached hydrogen (secondary N) is 2. The van der Waals surface area contributed by atoms with Crippen LogP contribution in [0.15, 0.2) is 54.7 Å². The van der Waals surface area contributed by atoms with E-state index in [9.17, 15) is 9.59 Å². The van der Waals surface area contributed by atoms with Gasteiger partial charge in [-0.2, -0.15) is 0 Å². The second kappa shape index (κ2) is 9.11. The number of amides is 2. The Balaban J connectivity index is 1.85. The van der Waals surface area contributed by atoms with Crippen molar-refractivity contribution in [3.8, 4) is 22.4 Å². The fraction of sp³-hybridized carbons (Fsp3) is 0.130. The summed E-state index contributed by atoms with van der Waals surface area (Å²) in [6.45, 7) is 2.25. The van der Waals surface area contributed by atoms with Gasteiger partial charge in [0.1, 0.15) is 5.52 Å². The van der Waals surface area contributed by atoms with Gasteiger partial charge in [-0.25, -0.2) is 14.2 Å². The van der Waals surface area contributed by atoms with Crippen molar-refractivity contribution >= 4 is 38.7 Å². The first-order valence-corrected chi connectivity index (χ1v) is 10.7. The molecule has 9 heteroatoms. The van der Waals surface area contributed by atoms with Crippen molar-refractivity contribution in [1.82, 2.24) is 15.3 Å². The van der Waals surface area contributed by atoms with Crippen LogP contribution in [0.3, 0.4) is 0 Å². The first-order valence-electron chi connectivity index (χ1n) is 9.86. The Morgan fingerprint density at radius 3 is 2.56 bits per heavy atom. The van der Waals surface area contributed by atoms with Gasteiger partial charge in [0.15, 0.2) is 10.9 Å². The summed E-state index contributed by atoms with van der Waals surface area (Å²) in [6.07, 6.45) is 1.54. The van der Waals surface area contributed by atoms with Crippen LogP contribution in [0.5, 0.6) is 0 Å². The molecule has 0 atom stereocenters. The molecule has 162 valence electrons. The van der Waals surface area contributed by atoms with E-state index in [1.165, 1.54) is 11.3 Å². The van der Waals surface area contributed by atoms with Crippen molar-refractivity contribution in [2.24, 2.45) is 0 Å². The molecule has 7 nitrogen and oxygen atoms in total. The van der Waals surface area contributed by atoms with Gasteiger partial charge in [-0.3, -0.25) is 15.1 Å². The number of pyridine rings is 1. The Morgan fingerprint density at radius 1 is 1.12 bits per heavy atom. The number of nitrogens with zero attached hydrogens (tertiary/aromatic N) is 2. The molecule has 2 aromatic heterocycles. The summed E-state index contributed by atoms with van der Waals surface area (Å²) in [4.78, 5) is 31.6. The number of carboxylic acids is 1. The number of urea groups is 1. The van der Waals surface area contributed by atoms with Crippen LogP contribution in [-0.2, 0) is 11.2 Å². The number of aromatic nitrogens is 2. The maximum Gasteiger partial charge on any atom is 0.321 e. The summed E-state index contributed by atoms with van der Waals surface area (Å²) in [5.74, 6) is -1.46. The minimum Gasteiger partial charge on any atom is -0.481 e. The molecule has 0 spiro atoms. The van der Waals surface area contributed by atoms with Gasteiger partial charge in [-0.1, -0.05) is 41.7 Å². The monoisotopic (exact) mass is 450 g/mol. The zero-order chi connectivity index (χ0) is 22.7. The number of aliphatic carboxylic acids is 1. The fourth-order valence-corrected chi connectivity index (χ4v) is 4.29. The van der Waals surface area contributed by atoms with Gasteiger partial charge in [0.2, 0.25) is 0 Å². The molecule has 2 heterocycles. The third-order valence-electron chi connectivity index (χ3n) is 4.72. The van der Waals surface area contributed by atoms with Gasteiger partial charge in [-0.05, 0) is 36.2 Å². The Bertz CT molecular complexity index is 1290. The molecule has 32 heavy (non-hydrogen) atoms. The predicted molar refractivity (Wildman–Crippen MR) is 122 cm³/mol. The van der Waals surface area contributed by atoms with E-state index in [-0.39, 0.29) is 17.1 Å². The smallest absolute Gasteiger partial charge is 0.321 e. The summed E-state index contributed by atoms with van der Waals surface area (Å²) in [7, 11) is 0. The minimum atomic E-state index is -0.933. The summed E-state index contributed by atoms with van der Waals surface area (Å²) in [6, 6.07) is 13.4. The van der Waals surface area contributed by atoms with Gasteiger partial charge in [-0.15, -0.1) is 0 Å². The van der Waals surface area contributed by atoms with Crippen molar-refractivity contribution < 1.29 is 19.1 Å². The molecule has 0 bridgehead atoms. The number of carbonyl (C=O) groups excluding carboxylic acids is 1. The van der Waals surface area contributed by atoms with Crippen LogP contribution >= 0.6 is 11.3 Å². The van der Waals surface area contributed by atoms with Gasteiger partial charge in [0, 0.05) is 23.9 Å². The maximum absolute atomic E-state index is 15.6. The van der Waals surface area contributed by atoms with Crippen LogP contribution in [0, 0.1) is 5.82 Å². The first-order chi connectivity index (χ1) is 15.5. The second-order valence-corrected chi connectivity index (χ2v) is 7.95. The van der Waals surface area contributed by atoms with E-state index in [1.807, 2.05) is 12.1 Å². The Kier molecular flexibility index (Phi) is 6.09. The average Bonchev–Trinajstić information content (AvgIpc) is 3.19. The first kappa shape index (κ1) is 21.4. The van der Waals surface area contributed by atoms with E-state index in [1.54, 1.807) is 49.5 Å². The number of fused-ring (bicyclic) bond motifs is 1. The highest BCUT2D eigenvalue weighted by atomic mass is 32.1. The molecule has 2 amide bonds. The lowest BCUT2D eigenvalue weighted by molar-refractivity contribution is -0.136. The molecule has 0 saturated heterocycles. The summed E-state index contributed by atoms with van der Waals surface area (Å²) in [5.41, 5.74) is 2.99. The minimum absolute atomic E-state index is 0.109. The molecule has 0 saturated carbocycles. The van der Waals surface area contributed by atoms with Crippen LogP contribution in [0.2, 0.25) is 0 Å². The highest BCUT2D eigenvalue weighted by Gasteiger charge is 2.20. The van der Waals surface area contributed by atoms with Crippen molar-refractivity contribution in [2.75, 3.05) is 11.9 Å². The number of rotatable bonds is 6. The van der Waals surface area contributed by atoms with Crippen LogP contribution in [0.4, 0.5) is 14.3 Å². The number of anilines is 1. The third-order valence-corrected chi connectivity index (χ3v) is 5.73. The van der Waals surface area contributed by atoms with E-state index in [0.717, 1.165) is 0 Å². The molecule has 0 radical (unpaired) electrons. The Hall–Kier alpha value is -3.85. The molecule has 4 rings (SSSR count). The molecule has 0 fully saturated rings. The molecule has 0 unspecified atom stereocenters. The van der Waals surface area contributed by atoms with Gasteiger partial charge < -0.3 is 10.4 Å². The van der Waals surface area contributed by atoms with E-state index < -0.39 is 17.8 Å². The molecule has 2 aromatic carbocycles. The zero-order valence-corrected chi connectivity index (χ0v) is 17.9. The standard InChI is InChI=1S/C23H19FN4O3S/c1-2-25-22(31)28-23-27-20-19(24)15(14-8-6-13(7-9-14)11-18(29)30)12-16(21(20)32-23)17-5-3-4-10-26-17/h3-10,12H,2,11H2,1H3,(H,29,30)(H2,25,27,28,31). The van der Waals surface area contributed by atoms with Gasteiger partial charge in [0.05, 0.1) is 16.8 Å². The van der Waals surface area contributed by atoms with E-state index in [0.29, 0.717) is 39.2 Å². The lowest BCUT2D eigenvalue weighted by Crippen LogP contribution is -2.28. The predicted octanol–water partition coefficient (Wildman–Crippen LogP) is 4.93. The molecule has 0 aliphatic carbocycles. The highest BCUT2D eigenvalue weighted by Crippen LogP contribution is 2.40. The third kappa shape index (κ3) is 4.42. The maximum atomic E-state index is 15.6. The average molecular weight is 450 g/mol. The topological polar surface area (TPSA) is 104 Å². The Labute approximate surface area is 187 Å². The number of carboxylic acid groups (broad SMARTS) is 1. The van der Waals surface area contributed by atoms with E-state index in [2.05, 4.69) is 20.6 Å². The van der Waals surface area contributed by atoms with E-state index in [4.69, 9.17) is 5.11 Å². The van der Waals surface area contributed by atoms with Crippen LogP contribution in [0.25, 0.3) is 32.6 Å². The number of hydrogen-bond acceptors (Lipinski definition) is 5. The molecule has 3 N–H and O–H groups in total. The fourth-order valence-electron chi connectivity index (χ4n) is 3.31. The Morgan fingerprint density at radius 2 is 1.91 bits per heavy atom. The van der Waals surface area contributed by atoms with Crippen molar-refractivity contribution in [3.05, 3.63) is 66.1 Å². The molecule has 0 aliphatic rings. The molecule has 4 aromatic rings. The van der Waals surface area contributed by atoms with Crippen LogP contribution < -0.4 is 10.6 Å². The summed E-state index contributed by atoms with van der Waals surface area (Å²) in [5, 5.41) is 14.5. The lowest BCUT2D eigenvalue weighted by atomic mass is 9.98. The summed E-state index contributed by atoms with van der Waals surface area (Å²) >= 11 is 1.17. The van der Waals surface area contributed by atoms with Crippen molar-refractivity contribution in [2.45, 2.75) is 13.3 Å². The number of benzene rings is 2. The molecular weight excluding hydrogens is 431 g/mol. The normalized spacial score (nSPS) is 10.8.